The zero-order valence-corrected chi connectivity index (χ0v) is 10.1. The summed E-state index contributed by atoms with van der Waals surface area (Å²) in [5.74, 6) is 0. The first-order valence-corrected chi connectivity index (χ1v) is 5.87. The van der Waals surface area contributed by atoms with Crippen LogP contribution in [0.25, 0.3) is 22.8 Å². The van der Waals surface area contributed by atoms with Crippen molar-refractivity contribution < 1.29 is 0 Å². The van der Waals surface area contributed by atoms with Gasteiger partial charge in [0.05, 0.1) is 22.8 Å². The fourth-order valence-corrected chi connectivity index (χ4v) is 1.91. The molecule has 0 unspecified atom stereocenters. The van der Waals surface area contributed by atoms with Gasteiger partial charge in [-0.05, 0) is 43.3 Å². The fourth-order valence-electron chi connectivity index (χ4n) is 1.91. The SMILES string of the molecule is Cc1cccc(-c2ccc(-c3ccccn3)[nH]2)n1. The molecule has 88 valence electrons. The number of aromatic amines is 1. The van der Waals surface area contributed by atoms with Crippen LogP contribution in [0.15, 0.2) is 54.7 Å². The molecule has 3 aromatic rings. The van der Waals surface area contributed by atoms with Gasteiger partial charge in [0.1, 0.15) is 0 Å². The lowest BCUT2D eigenvalue weighted by Crippen LogP contribution is -1.87. The molecule has 0 radical (unpaired) electrons. The van der Waals surface area contributed by atoms with E-state index in [0.29, 0.717) is 0 Å². The number of nitrogens with zero attached hydrogens (tertiary/aromatic N) is 2. The first-order valence-electron chi connectivity index (χ1n) is 5.87. The molecule has 3 aromatic heterocycles. The average Bonchev–Trinajstić information content (AvgIpc) is 2.89. The van der Waals surface area contributed by atoms with Crippen LogP contribution in [0.1, 0.15) is 5.69 Å². The number of H-pyrrole nitrogens is 1. The Morgan fingerprint density at radius 2 is 1.61 bits per heavy atom. The van der Waals surface area contributed by atoms with E-state index < -0.39 is 0 Å². The Kier molecular flexibility index (Phi) is 2.65. The maximum absolute atomic E-state index is 4.50. The van der Waals surface area contributed by atoms with E-state index in [4.69, 9.17) is 0 Å². The zero-order valence-electron chi connectivity index (χ0n) is 10.1. The van der Waals surface area contributed by atoms with E-state index in [0.717, 1.165) is 28.5 Å². The highest BCUT2D eigenvalue weighted by Crippen LogP contribution is 2.21. The molecule has 0 bridgehead atoms. The molecule has 18 heavy (non-hydrogen) atoms. The van der Waals surface area contributed by atoms with Gasteiger partial charge in [0.25, 0.3) is 0 Å². The second-order valence-electron chi connectivity index (χ2n) is 4.16. The van der Waals surface area contributed by atoms with Crippen molar-refractivity contribution >= 4 is 0 Å². The Hall–Kier alpha value is -2.42. The second kappa shape index (κ2) is 4.45. The van der Waals surface area contributed by atoms with Crippen molar-refractivity contribution in [2.45, 2.75) is 6.92 Å². The van der Waals surface area contributed by atoms with Crippen LogP contribution in [0.5, 0.6) is 0 Å². The van der Waals surface area contributed by atoms with Crippen molar-refractivity contribution in [2.24, 2.45) is 0 Å². The Bertz CT molecular complexity index is 656. The van der Waals surface area contributed by atoms with E-state index in [1.807, 2.05) is 55.5 Å². The predicted octanol–water partition coefficient (Wildman–Crippen LogP) is 3.45. The fraction of sp³-hybridized carbons (Fsp3) is 0.0667. The smallest absolute Gasteiger partial charge is 0.0867 e. The summed E-state index contributed by atoms with van der Waals surface area (Å²) in [6, 6.07) is 15.9. The lowest BCUT2D eigenvalue weighted by molar-refractivity contribution is 1.19. The zero-order chi connectivity index (χ0) is 12.4. The summed E-state index contributed by atoms with van der Waals surface area (Å²) in [7, 11) is 0. The lowest BCUT2D eigenvalue weighted by atomic mass is 10.2. The summed E-state index contributed by atoms with van der Waals surface area (Å²) in [5.41, 5.74) is 4.93. The van der Waals surface area contributed by atoms with Crippen LogP contribution in [0.2, 0.25) is 0 Å². The normalized spacial score (nSPS) is 10.5. The molecular formula is C15H13N3. The molecular weight excluding hydrogens is 222 g/mol. The Morgan fingerprint density at radius 1 is 0.833 bits per heavy atom. The van der Waals surface area contributed by atoms with Crippen LogP contribution < -0.4 is 0 Å². The number of hydrogen-bond acceptors (Lipinski definition) is 2. The predicted molar refractivity (Wildman–Crippen MR) is 72.0 cm³/mol. The molecule has 3 nitrogen and oxygen atoms in total. The summed E-state index contributed by atoms with van der Waals surface area (Å²) in [6.45, 7) is 1.99. The maximum atomic E-state index is 4.50. The topological polar surface area (TPSA) is 41.6 Å². The minimum Gasteiger partial charge on any atom is -0.352 e. The van der Waals surface area contributed by atoms with Crippen LogP contribution in [0, 0.1) is 6.92 Å². The second-order valence-corrected chi connectivity index (χ2v) is 4.16. The maximum Gasteiger partial charge on any atom is 0.0867 e. The monoisotopic (exact) mass is 235 g/mol. The highest BCUT2D eigenvalue weighted by atomic mass is 14.8. The van der Waals surface area contributed by atoms with E-state index in [2.05, 4.69) is 15.0 Å². The number of hydrogen-bond donors (Lipinski definition) is 1. The molecule has 0 atom stereocenters. The van der Waals surface area contributed by atoms with Crippen molar-refractivity contribution in [3.8, 4) is 22.8 Å². The molecule has 0 aliphatic heterocycles. The number of aromatic nitrogens is 3. The van der Waals surface area contributed by atoms with Gasteiger partial charge in [0, 0.05) is 11.9 Å². The lowest BCUT2D eigenvalue weighted by Gasteiger charge is -1.99. The number of rotatable bonds is 2. The number of nitrogens with one attached hydrogen (secondary N) is 1. The third-order valence-electron chi connectivity index (χ3n) is 2.79. The van der Waals surface area contributed by atoms with Gasteiger partial charge in [-0.1, -0.05) is 12.1 Å². The van der Waals surface area contributed by atoms with Crippen LogP contribution in [0.4, 0.5) is 0 Å². The van der Waals surface area contributed by atoms with Gasteiger partial charge in [0.2, 0.25) is 0 Å². The first-order chi connectivity index (χ1) is 8.83. The summed E-state index contributed by atoms with van der Waals surface area (Å²) in [5, 5.41) is 0. The first kappa shape index (κ1) is 10.7. The quantitative estimate of drug-likeness (QED) is 0.739. The third kappa shape index (κ3) is 2.02. The van der Waals surface area contributed by atoms with Crippen molar-refractivity contribution in [3.05, 3.63) is 60.4 Å². The van der Waals surface area contributed by atoms with Crippen LogP contribution >= 0.6 is 0 Å². The molecule has 0 aliphatic rings. The van der Waals surface area contributed by atoms with Gasteiger partial charge in [-0.15, -0.1) is 0 Å². The van der Waals surface area contributed by atoms with Crippen molar-refractivity contribution in [3.63, 3.8) is 0 Å². The van der Waals surface area contributed by atoms with Crippen molar-refractivity contribution in [1.29, 1.82) is 0 Å². The molecule has 0 aliphatic carbocycles. The van der Waals surface area contributed by atoms with Gasteiger partial charge in [-0.25, -0.2) is 0 Å². The highest BCUT2D eigenvalue weighted by Gasteiger charge is 2.05. The molecule has 0 fully saturated rings. The minimum atomic E-state index is 0.941. The molecule has 0 saturated heterocycles. The summed E-state index contributed by atoms with van der Waals surface area (Å²) >= 11 is 0. The summed E-state index contributed by atoms with van der Waals surface area (Å²) in [4.78, 5) is 12.2. The molecule has 1 N–H and O–H groups in total. The van der Waals surface area contributed by atoms with Crippen LogP contribution in [0.3, 0.4) is 0 Å². The summed E-state index contributed by atoms with van der Waals surface area (Å²) < 4.78 is 0. The molecule has 3 heteroatoms. The number of pyridine rings is 2. The van der Waals surface area contributed by atoms with E-state index in [-0.39, 0.29) is 0 Å². The Morgan fingerprint density at radius 3 is 2.33 bits per heavy atom. The average molecular weight is 235 g/mol. The van der Waals surface area contributed by atoms with Crippen molar-refractivity contribution in [2.75, 3.05) is 0 Å². The third-order valence-corrected chi connectivity index (χ3v) is 2.79. The standard InChI is InChI=1S/C15H13N3/c1-11-5-4-7-13(17-11)15-9-8-14(18-15)12-6-2-3-10-16-12/h2-10,18H,1H3. The van der Waals surface area contributed by atoms with Gasteiger partial charge in [-0.2, -0.15) is 0 Å². The van der Waals surface area contributed by atoms with E-state index in [1.165, 1.54) is 0 Å². The number of aryl methyl sites for hydroxylation is 1. The van der Waals surface area contributed by atoms with Crippen molar-refractivity contribution in [1.82, 2.24) is 15.0 Å². The van der Waals surface area contributed by atoms with E-state index >= 15 is 0 Å². The van der Waals surface area contributed by atoms with E-state index in [9.17, 15) is 0 Å². The highest BCUT2D eigenvalue weighted by molar-refractivity contribution is 5.63. The molecule has 0 saturated carbocycles. The molecule has 0 spiro atoms. The molecule has 3 rings (SSSR count). The van der Waals surface area contributed by atoms with Gasteiger partial charge >= 0.3 is 0 Å². The van der Waals surface area contributed by atoms with Crippen LogP contribution in [-0.2, 0) is 0 Å². The largest absolute Gasteiger partial charge is 0.352 e. The van der Waals surface area contributed by atoms with E-state index in [1.54, 1.807) is 6.20 Å². The molecule has 0 amide bonds. The Labute approximate surface area is 106 Å². The van der Waals surface area contributed by atoms with Gasteiger partial charge in [0.15, 0.2) is 0 Å². The Balaban J connectivity index is 2.00. The molecule has 3 heterocycles. The van der Waals surface area contributed by atoms with Crippen LogP contribution in [-0.4, -0.2) is 15.0 Å². The summed E-state index contributed by atoms with van der Waals surface area (Å²) in [6.07, 6.45) is 1.79. The van der Waals surface area contributed by atoms with Gasteiger partial charge in [-0.3, -0.25) is 9.97 Å². The minimum absolute atomic E-state index is 0.941. The molecule has 0 aromatic carbocycles. The van der Waals surface area contributed by atoms with Gasteiger partial charge < -0.3 is 4.98 Å².